The van der Waals surface area contributed by atoms with Gasteiger partial charge in [0, 0.05) is 11.7 Å². The van der Waals surface area contributed by atoms with E-state index in [1.807, 2.05) is 19.1 Å². The van der Waals surface area contributed by atoms with E-state index in [2.05, 4.69) is 101 Å². The van der Waals surface area contributed by atoms with E-state index in [9.17, 15) is 14.7 Å². The van der Waals surface area contributed by atoms with Gasteiger partial charge in [0.25, 0.3) is 0 Å². The van der Waals surface area contributed by atoms with Crippen molar-refractivity contribution in [1.82, 2.24) is 20.3 Å². The van der Waals surface area contributed by atoms with E-state index in [0.29, 0.717) is 29.2 Å². The topological polar surface area (TPSA) is 97.1 Å². The summed E-state index contributed by atoms with van der Waals surface area (Å²) in [5.41, 5.74) is 3.60. The van der Waals surface area contributed by atoms with Crippen molar-refractivity contribution in [2.24, 2.45) is 45.3 Å². The molecule has 8 atom stereocenters. The zero-order valence-corrected chi connectivity index (χ0v) is 33.0. The number of rotatable bonds is 5. The summed E-state index contributed by atoms with van der Waals surface area (Å²) in [7, 11) is 0. The number of carboxylic acid groups (broad SMARTS) is 1. The molecular formula is C46H62N4O3. The van der Waals surface area contributed by atoms with Crippen molar-refractivity contribution < 1.29 is 14.7 Å². The fourth-order valence-corrected chi connectivity index (χ4v) is 12.5. The molecule has 0 spiro atoms. The average molecular weight is 719 g/mol. The first-order valence-corrected chi connectivity index (χ1v) is 19.0. The fourth-order valence-electron chi connectivity index (χ4n) is 12.5. The molecule has 4 saturated carbocycles. The van der Waals surface area contributed by atoms with Crippen molar-refractivity contribution in [2.75, 3.05) is 0 Å². The predicted molar refractivity (Wildman–Crippen MR) is 216 cm³/mol. The van der Waals surface area contributed by atoms with Crippen molar-refractivity contribution in [2.45, 2.75) is 118 Å². The highest BCUT2D eigenvalue weighted by Gasteiger charge is 2.69. The molecule has 1 amide bonds. The van der Waals surface area contributed by atoms with Crippen molar-refractivity contribution >= 4 is 17.4 Å². The maximum absolute atomic E-state index is 13.3. The second-order valence-electron chi connectivity index (χ2n) is 16.8. The van der Waals surface area contributed by atoms with E-state index < -0.39 is 5.97 Å². The van der Waals surface area contributed by atoms with Crippen molar-refractivity contribution in [1.29, 1.82) is 0 Å². The molecule has 0 radical (unpaired) electrons. The quantitative estimate of drug-likeness (QED) is 0.237. The van der Waals surface area contributed by atoms with Crippen molar-refractivity contribution in [3.05, 3.63) is 66.5 Å². The molecule has 5 aliphatic carbocycles. The van der Waals surface area contributed by atoms with Gasteiger partial charge in [0.05, 0.1) is 11.8 Å². The van der Waals surface area contributed by atoms with Crippen molar-refractivity contribution in [3.8, 4) is 38.5 Å². The molecule has 1 aromatic heterocycles. The van der Waals surface area contributed by atoms with E-state index in [1.165, 1.54) is 56.1 Å². The van der Waals surface area contributed by atoms with Crippen LogP contribution < -0.4 is 5.32 Å². The Balaban J connectivity index is 0.000000777. The minimum Gasteiger partial charge on any atom is -0.478 e. The van der Waals surface area contributed by atoms with Crippen LogP contribution in [0.2, 0.25) is 0 Å². The predicted octanol–water partition coefficient (Wildman–Crippen LogP) is 9.33. The molecule has 4 fully saturated rings. The molecule has 3 unspecified atom stereocenters. The van der Waals surface area contributed by atoms with Crippen molar-refractivity contribution in [3.63, 3.8) is 0 Å². The van der Waals surface area contributed by atoms with Gasteiger partial charge < -0.3 is 10.4 Å². The van der Waals surface area contributed by atoms with E-state index in [0.717, 1.165) is 19.3 Å². The van der Waals surface area contributed by atoms with Crippen LogP contribution in [0.15, 0.2) is 55.4 Å². The van der Waals surface area contributed by atoms with Gasteiger partial charge >= 0.3 is 5.97 Å². The van der Waals surface area contributed by atoms with Crippen LogP contribution in [0.25, 0.3) is 5.57 Å². The number of aromatic nitrogens is 3. The number of hydrogen-bond acceptors (Lipinski definition) is 4. The number of nitrogens with one attached hydrogen (secondary N) is 1. The highest BCUT2D eigenvalue weighted by atomic mass is 16.4. The number of fused-ring (bicyclic) bond motifs is 7. The van der Waals surface area contributed by atoms with Gasteiger partial charge in [0.15, 0.2) is 0 Å². The third-order valence-electron chi connectivity index (χ3n) is 14.5. The molecule has 5 aliphatic rings. The summed E-state index contributed by atoms with van der Waals surface area (Å²) in [5.74, 6) is 1.64. The first-order chi connectivity index (χ1) is 25.3. The molecule has 0 aliphatic heterocycles. The Kier molecular flexibility index (Phi) is 13.8. The minimum absolute atomic E-state index is 0.0123. The molecule has 0 bridgehead atoms. The highest BCUT2D eigenvalue weighted by molar-refractivity contribution is 5.88. The number of aromatic carboxylic acids is 1. The third-order valence-corrected chi connectivity index (χ3v) is 14.5. The standard InChI is InChI=1S/C37H50N4O3.C3H6.3C2H2/c1-33(2)26(24-8-10-25(11-9-24)32(43)44)14-17-34(3)29(33)15-18-36(5)30(34)13-12-27-28-7-6-16-37(28,20-19-35(27,36)4)39-31(42)23-41-22-21-38-40-41;1-3-2;3*1-2/h8-11,14,21-22,27-30H,6-7,12-13,15-20,23H2,1-5H3,(H,39,42)(H,43,44);3H,1H2,2H3;3*1-2H/t27-,28?,29?,30?,34+,35-,36-,37+;;;;/m1..../s1. The lowest BCUT2D eigenvalue weighted by Crippen LogP contribution is -2.67. The smallest absolute Gasteiger partial charge is 0.335 e. The van der Waals surface area contributed by atoms with Gasteiger partial charge in [-0.2, -0.15) is 0 Å². The first-order valence-electron chi connectivity index (χ1n) is 19.0. The van der Waals surface area contributed by atoms with Crippen LogP contribution >= 0.6 is 0 Å². The Morgan fingerprint density at radius 2 is 1.53 bits per heavy atom. The zero-order chi connectivity index (χ0) is 39.8. The molecule has 53 heavy (non-hydrogen) atoms. The first kappa shape index (κ1) is 42.9. The maximum Gasteiger partial charge on any atom is 0.335 e. The number of carbonyl (C=O) groups is 2. The molecule has 2 aromatic rings. The number of benzene rings is 1. The lowest BCUT2D eigenvalue weighted by Gasteiger charge is -2.72. The van der Waals surface area contributed by atoms with Gasteiger partial charge in [-0.1, -0.05) is 70.5 Å². The van der Waals surface area contributed by atoms with E-state index >= 15 is 0 Å². The second-order valence-corrected chi connectivity index (χ2v) is 16.8. The number of nitrogens with zero attached hydrogens (tertiary/aromatic N) is 3. The number of amides is 1. The number of terminal acetylenes is 3. The zero-order valence-electron chi connectivity index (χ0n) is 33.0. The molecule has 0 saturated heterocycles. The summed E-state index contributed by atoms with van der Waals surface area (Å²) >= 11 is 0. The van der Waals surface area contributed by atoms with Crippen LogP contribution in [0.5, 0.6) is 0 Å². The summed E-state index contributed by atoms with van der Waals surface area (Å²) in [5, 5.41) is 20.9. The van der Waals surface area contributed by atoms with Crippen LogP contribution in [-0.2, 0) is 11.3 Å². The van der Waals surface area contributed by atoms with Gasteiger partial charge in [-0.3, -0.25) is 4.79 Å². The van der Waals surface area contributed by atoms with Gasteiger partial charge in [0.2, 0.25) is 5.91 Å². The number of hydrogen-bond donors (Lipinski definition) is 2. The average Bonchev–Trinajstić information content (AvgIpc) is 3.81. The van der Waals surface area contributed by atoms with Gasteiger partial charge in [-0.25, -0.2) is 9.48 Å². The van der Waals surface area contributed by atoms with Gasteiger partial charge in [0.1, 0.15) is 6.54 Å². The number of carbonyl (C=O) groups excluding carboxylic acids is 1. The normalized spacial score (nSPS) is 34.0. The second kappa shape index (κ2) is 17.1. The Bertz CT molecular complexity index is 1650. The fraction of sp³-hybridized carbons (Fsp3) is 0.565. The SMILES string of the molecule is C#C.C#C.C#C.C=CC.CC1(C)C(c2ccc(C(=O)O)cc2)=CC[C@@]2(C)C1CC[C@]1(C)C2CC[C@@H]2C3CCC[C@]3(NC(=O)Cn3ccnn3)CC[C@]21C. The van der Waals surface area contributed by atoms with E-state index in [-0.39, 0.29) is 39.7 Å². The summed E-state index contributed by atoms with van der Waals surface area (Å²) in [6.07, 6.45) is 43.6. The number of allylic oxidation sites excluding steroid dienone is 3. The molecule has 284 valence electrons. The van der Waals surface area contributed by atoms with Gasteiger partial charge in [-0.05, 0) is 133 Å². The third kappa shape index (κ3) is 7.36. The van der Waals surface area contributed by atoms with E-state index in [1.54, 1.807) is 35.3 Å². The Morgan fingerprint density at radius 3 is 2.11 bits per heavy atom. The summed E-state index contributed by atoms with van der Waals surface area (Å²) in [4.78, 5) is 24.7. The summed E-state index contributed by atoms with van der Waals surface area (Å²) in [6, 6.07) is 7.54. The summed E-state index contributed by atoms with van der Waals surface area (Å²) in [6.45, 7) is 18.3. The largest absolute Gasteiger partial charge is 0.478 e. The molecule has 1 heterocycles. The van der Waals surface area contributed by atoms with Crippen LogP contribution in [0, 0.1) is 83.9 Å². The highest BCUT2D eigenvalue weighted by Crippen LogP contribution is 2.76. The monoisotopic (exact) mass is 718 g/mol. The molecule has 7 heteroatoms. The molecule has 2 N–H and O–H groups in total. The van der Waals surface area contributed by atoms with Crippen LogP contribution in [0.1, 0.15) is 122 Å². The Labute approximate surface area is 319 Å². The minimum atomic E-state index is -0.872. The maximum atomic E-state index is 13.3. The summed E-state index contributed by atoms with van der Waals surface area (Å²) < 4.78 is 1.63. The van der Waals surface area contributed by atoms with E-state index in [4.69, 9.17) is 0 Å². The molecule has 1 aromatic carbocycles. The molecular weight excluding hydrogens is 657 g/mol. The molecule has 7 rings (SSSR count). The Hall–Kier alpha value is -4.54. The Morgan fingerprint density at radius 1 is 0.887 bits per heavy atom. The lowest BCUT2D eigenvalue weighted by molar-refractivity contribution is -0.217. The van der Waals surface area contributed by atoms with Crippen LogP contribution in [-0.4, -0.2) is 37.5 Å². The molecule has 7 nitrogen and oxygen atoms in total. The number of carboxylic acids is 1. The lowest BCUT2D eigenvalue weighted by atomic mass is 9.33. The van der Waals surface area contributed by atoms with Gasteiger partial charge in [-0.15, -0.1) is 50.2 Å². The van der Waals surface area contributed by atoms with Crippen LogP contribution in [0.4, 0.5) is 0 Å². The van der Waals surface area contributed by atoms with Crippen LogP contribution in [0.3, 0.4) is 0 Å².